The number of benzene rings is 2. The Balaban J connectivity index is 1.96. The fraction of sp³-hybridized carbons (Fsp3) is 0.333. The van der Waals surface area contributed by atoms with E-state index < -0.39 is 0 Å². The Labute approximate surface area is 143 Å². The molecule has 0 saturated carbocycles. The van der Waals surface area contributed by atoms with Gasteiger partial charge >= 0.3 is 5.97 Å². The summed E-state index contributed by atoms with van der Waals surface area (Å²) in [7, 11) is 0. The number of ketones is 1. The first-order valence-electron chi connectivity index (χ1n) is 8.32. The molecule has 0 bridgehead atoms. The average Bonchev–Trinajstić information content (AvgIpc) is 2.58. The van der Waals surface area contributed by atoms with Crippen molar-refractivity contribution in [2.24, 2.45) is 0 Å². The van der Waals surface area contributed by atoms with E-state index in [2.05, 4.69) is 31.2 Å². The Morgan fingerprint density at radius 3 is 1.96 bits per heavy atom. The lowest BCUT2D eigenvalue weighted by molar-refractivity contribution is -0.141. The van der Waals surface area contributed by atoms with Gasteiger partial charge in [0.15, 0.2) is 5.78 Å². The number of esters is 1. The Bertz CT molecular complexity index is 684. The SMILES string of the molecule is CC(=O)OCCCC(C)c1ccc(-c2ccc(C(C)=O)cc2)cc1. The minimum atomic E-state index is -0.220. The molecule has 3 nitrogen and oxygen atoms in total. The maximum atomic E-state index is 11.3. The van der Waals surface area contributed by atoms with Crippen LogP contribution < -0.4 is 0 Å². The topological polar surface area (TPSA) is 43.4 Å². The third-order valence-electron chi connectivity index (χ3n) is 4.19. The van der Waals surface area contributed by atoms with Crippen LogP contribution in [-0.2, 0) is 9.53 Å². The predicted molar refractivity (Wildman–Crippen MR) is 96.2 cm³/mol. The lowest BCUT2D eigenvalue weighted by atomic mass is 9.94. The van der Waals surface area contributed by atoms with Gasteiger partial charge in [0.1, 0.15) is 0 Å². The van der Waals surface area contributed by atoms with Gasteiger partial charge < -0.3 is 4.74 Å². The minimum Gasteiger partial charge on any atom is -0.466 e. The van der Waals surface area contributed by atoms with Crippen LogP contribution in [0.15, 0.2) is 48.5 Å². The smallest absolute Gasteiger partial charge is 0.302 e. The van der Waals surface area contributed by atoms with E-state index in [4.69, 9.17) is 4.74 Å². The zero-order valence-electron chi connectivity index (χ0n) is 14.5. The van der Waals surface area contributed by atoms with Crippen molar-refractivity contribution < 1.29 is 14.3 Å². The van der Waals surface area contributed by atoms with Crippen LogP contribution in [0.25, 0.3) is 11.1 Å². The zero-order chi connectivity index (χ0) is 17.5. The average molecular weight is 324 g/mol. The van der Waals surface area contributed by atoms with Crippen LogP contribution in [0.3, 0.4) is 0 Å². The molecule has 0 spiro atoms. The molecule has 0 aliphatic rings. The summed E-state index contributed by atoms with van der Waals surface area (Å²) in [6, 6.07) is 16.2. The number of hydrogen-bond acceptors (Lipinski definition) is 3. The summed E-state index contributed by atoms with van der Waals surface area (Å²) in [4.78, 5) is 22.1. The summed E-state index contributed by atoms with van der Waals surface area (Å²) < 4.78 is 4.97. The number of carbonyl (C=O) groups is 2. The van der Waals surface area contributed by atoms with Gasteiger partial charge in [-0.05, 0) is 42.4 Å². The third kappa shape index (κ3) is 5.05. The minimum absolute atomic E-state index is 0.0828. The molecule has 0 aliphatic carbocycles. The molecule has 0 radical (unpaired) electrons. The van der Waals surface area contributed by atoms with Crippen molar-refractivity contribution in [2.45, 2.75) is 39.5 Å². The van der Waals surface area contributed by atoms with Crippen LogP contribution in [0.1, 0.15) is 55.5 Å². The van der Waals surface area contributed by atoms with E-state index in [0.29, 0.717) is 12.5 Å². The molecule has 2 aromatic rings. The van der Waals surface area contributed by atoms with Gasteiger partial charge in [-0.25, -0.2) is 0 Å². The molecular formula is C21H24O3. The molecule has 3 heteroatoms. The van der Waals surface area contributed by atoms with Crippen molar-refractivity contribution in [2.75, 3.05) is 6.61 Å². The zero-order valence-corrected chi connectivity index (χ0v) is 14.5. The van der Waals surface area contributed by atoms with Gasteiger partial charge in [0.2, 0.25) is 0 Å². The van der Waals surface area contributed by atoms with Crippen molar-refractivity contribution in [1.82, 2.24) is 0 Å². The van der Waals surface area contributed by atoms with Crippen LogP contribution in [0.4, 0.5) is 0 Å². The van der Waals surface area contributed by atoms with E-state index in [9.17, 15) is 9.59 Å². The molecule has 0 aromatic heterocycles. The van der Waals surface area contributed by atoms with Crippen LogP contribution in [0.2, 0.25) is 0 Å². The molecule has 1 atom stereocenters. The van der Waals surface area contributed by atoms with Crippen molar-refractivity contribution in [3.8, 4) is 11.1 Å². The molecule has 2 rings (SSSR count). The van der Waals surface area contributed by atoms with Crippen LogP contribution >= 0.6 is 0 Å². The largest absolute Gasteiger partial charge is 0.466 e. The molecule has 0 saturated heterocycles. The van der Waals surface area contributed by atoms with Crippen molar-refractivity contribution in [3.05, 3.63) is 59.7 Å². The summed E-state index contributed by atoms with van der Waals surface area (Å²) in [5.74, 6) is 0.289. The molecule has 0 heterocycles. The van der Waals surface area contributed by atoms with E-state index in [1.807, 2.05) is 24.3 Å². The van der Waals surface area contributed by atoms with Crippen LogP contribution in [0.5, 0.6) is 0 Å². The number of Topliss-reactive ketones (excluding diaryl/α,β-unsaturated/α-hetero) is 1. The molecule has 0 amide bonds. The number of carbonyl (C=O) groups excluding carboxylic acids is 2. The first kappa shape index (κ1) is 17.9. The maximum Gasteiger partial charge on any atom is 0.302 e. The molecule has 1 unspecified atom stereocenters. The highest BCUT2D eigenvalue weighted by Crippen LogP contribution is 2.25. The second kappa shape index (κ2) is 8.44. The van der Waals surface area contributed by atoms with Crippen molar-refractivity contribution in [1.29, 1.82) is 0 Å². The monoisotopic (exact) mass is 324 g/mol. The fourth-order valence-electron chi connectivity index (χ4n) is 2.67. The Kier molecular flexibility index (Phi) is 6.30. The van der Waals surface area contributed by atoms with E-state index in [0.717, 1.165) is 29.5 Å². The van der Waals surface area contributed by atoms with Gasteiger partial charge in [0.25, 0.3) is 0 Å². The van der Waals surface area contributed by atoms with Gasteiger partial charge in [-0.1, -0.05) is 55.5 Å². The molecule has 24 heavy (non-hydrogen) atoms. The van der Waals surface area contributed by atoms with Gasteiger partial charge in [-0.2, -0.15) is 0 Å². The lowest BCUT2D eigenvalue weighted by Gasteiger charge is -2.12. The fourth-order valence-corrected chi connectivity index (χ4v) is 2.67. The highest BCUT2D eigenvalue weighted by molar-refractivity contribution is 5.94. The summed E-state index contributed by atoms with van der Waals surface area (Å²) >= 11 is 0. The summed E-state index contributed by atoms with van der Waals surface area (Å²) in [6.07, 6.45) is 1.86. The molecular weight excluding hydrogens is 300 g/mol. The Hall–Kier alpha value is -2.42. The van der Waals surface area contributed by atoms with E-state index in [1.165, 1.54) is 12.5 Å². The predicted octanol–water partition coefficient (Wildman–Crippen LogP) is 5.00. The Morgan fingerprint density at radius 2 is 1.46 bits per heavy atom. The number of hydrogen-bond donors (Lipinski definition) is 0. The summed E-state index contributed by atoms with van der Waals surface area (Å²) in [5, 5.41) is 0. The first-order valence-corrected chi connectivity index (χ1v) is 8.32. The summed E-state index contributed by atoms with van der Waals surface area (Å²) in [5.41, 5.74) is 4.26. The van der Waals surface area contributed by atoms with E-state index in [-0.39, 0.29) is 11.8 Å². The first-order chi connectivity index (χ1) is 11.5. The van der Waals surface area contributed by atoms with Crippen molar-refractivity contribution in [3.63, 3.8) is 0 Å². The van der Waals surface area contributed by atoms with Gasteiger partial charge in [-0.3, -0.25) is 9.59 Å². The van der Waals surface area contributed by atoms with Gasteiger partial charge in [0, 0.05) is 12.5 Å². The van der Waals surface area contributed by atoms with E-state index >= 15 is 0 Å². The highest BCUT2D eigenvalue weighted by Gasteiger charge is 2.07. The maximum absolute atomic E-state index is 11.3. The third-order valence-corrected chi connectivity index (χ3v) is 4.19. The quantitative estimate of drug-likeness (QED) is 0.409. The van der Waals surface area contributed by atoms with E-state index in [1.54, 1.807) is 6.92 Å². The van der Waals surface area contributed by atoms with Crippen molar-refractivity contribution >= 4 is 11.8 Å². The Morgan fingerprint density at radius 1 is 0.917 bits per heavy atom. The molecule has 2 aromatic carbocycles. The van der Waals surface area contributed by atoms with Gasteiger partial charge in [0.05, 0.1) is 6.61 Å². The molecule has 126 valence electrons. The molecule has 0 N–H and O–H groups in total. The number of rotatable bonds is 7. The second-order valence-electron chi connectivity index (χ2n) is 6.14. The number of ether oxygens (including phenoxy) is 1. The standard InChI is InChI=1S/C21H24O3/c1-15(5-4-14-24-17(3)23)18-6-10-20(11-7-18)21-12-8-19(9-13-21)16(2)22/h6-13,15H,4-5,14H2,1-3H3. The molecule has 0 aliphatic heterocycles. The normalized spacial score (nSPS) is 11.8. The highest BCUT2D eigenvalue weighted by atomic mass is 16.5. The second-order valence-corrected chi connectivity index (χ2v) is 6.14. The lowest BCUT2D eigenvalue weighted by Crippen LogP contribution is -2.02. The summed E-state index contributed by atoms with van der Waals surface area (Å²) in [6.45, 7) is 5.68. The van der Waals surface area contributed by atoms with Crippen LogP contribution in [0, 0.1) is 0 Å². The van der Waals surface area contributed by atoms with Crippen LogP contribution in [-0.4, -0.2) is 18.4 Å². The molecule has 0 fully saturated rings. The van der Waals surface area contributed by atoms with Gasteiger partial charge in [-0.15, -0.1) is 0 Å².